The first-order chi connectivity index (χ1) is 9.99. The van der Waals surface area contributed by atoms with Crippen molar-refractivity contribution in [3.8, 4) is 0 Å². The summed E-state index contributed by atoms with van der Waals surface area (Å²) in [6.07, 6.45) is 0. The Bertz CT molecular complexity index is 701. The molecule has 0 spiro atoms. The SMILES string of the molecule is CCOC(=O)c1ccc(NS(=O)(=O)C(F)(F)F)c([N+](=O)[O-])c1. The van der Waals surface area contributed by atoms with Crippen LogP contribution in [0.1, 0.15) is 17.3 Å². The number of halogens is 3. The van der Waals surface area contributed by atoms with Gasteiger partial charge in [-0.15, -0.1) is 0 Å². The van der Waals surface area contributed by atoms with Gasteiger partial charge in [-0.3, -0.25) is 14.8 Å². The number of alkyl halides is 3. The Morgan fingerprint density at radius 2 is 2.00 bits per heavy atom. The number of carbonyl (C=O) groups is 1. The van der Waals surface area contributed by atoms with Crippen LogP contribution < -0.4 is 4.72 Å². The van der Waals surface area contributed by atoms with Gasteiger partial charge in [-0.05, 0) is 19.1 Å². The van der Waals surface area contributed by atoms with Gasteiger partial charge in [0, 0.05) is 6.07 Å². The van der Waals surface area contributed by atoms with Gasteiger partial charge < -0.3 is 4.74 Å². The van der Waals surface area contributed by atoms with Gasteiger partial charge in [0.25, 0.3) is 5.69 Å². The van der Waals surface area contributed by atoms with Crippen molar-refractivity contribution in [3.63, 3.8) is 0 Å². The summed E-state index contributed by atoms with van der Waals surface area (Å²) in [7, 11) is -5.82. The second-order valence-electron chi connectivity index (χ2n) is 3.76. The Morgan fingerprint density at radius 3 is 2.45 bits per heavy atom. The van der Waals surface area contributed by atoms with E-state index < -0.39 is 37.8 Å². The number of nitrogens with one attached hydrogen (secondary N) is 1. The van der Waals surface area contributed by atoms with E-state index in [-0.39, 0.29) is 12.2 Å². The number of nitro benzene ring substituents is 1. The molecule has 12 heteroatoms. The number of ether oxygens (including phenoxy) is 1. The first-order valence-electron chi connectivity index (χ1n) is 5.54. The number of sulfonamides is 1. The van der Waals surface area contributed by atoms with E-state index >= 15 is 0 Å². The Morgan fingerprint density at radius 1 is 1.41 bits per heavy atom. The van der Waals surface area contributed by atoms with Crippen molar-refractivity contribution in [2.45, 2.75) is 12.4 Å². The molecule has 0 fully saturated rings. The van der Waals surface area contributed by atoms with Crippen LogP contribution in [-0.4, -0.2) is 31.4 Å². The first-order valence-corrected chi connectivity index (χ1v) is 7.02. The Balaban J connectivity index is 3.28. The number of hydrogen-bond acceptors (Lipinski definition) is 6. The highest BCUT2D eigenvalue weighted by atomic mass is 32.2. The number of hydrogen-bond donors (Lipinski definition) is 1. The molecule has 0 saturated heterocycles. The molecule has 0 amide bonds. The maximum atomic E-state index is 12.3. The van der Waals surface area contributed by atoms with Gasteiger partial charge in [-0.2, -0.15) is 21.6 Å². The zero-order valence-electron chi connectivity index (χ0n) is 10.9. The second-order valence-corrected chi connectivity index (χ2v) is 5.43. The van der Waals surface area contributed by atoms with Crippen LogP contribution in [0.15, 0.2) is 18.2 Å². The molecule has 0 aliphatic rings. The molecule has 0 aromatic heterocycles. The molecule has 1 aromatic rings. The number of carbonyl (C=O) groups excluding carboxylic acids is 1. The lowest BCUT2D eigenvalue weighted by molar-refractivity contribution is -0.383. The minimum atomic E-state index is -5.82. The number of anilines is 1. The van der Waals surface area contributed by atoms with E-state index in [2.05, 4.69) is 4.74 Å². The average Bonchev–Trinajstić information content (AvgIpc) is 2.37. The highest BCUT2D eigenvalue weighted by Gasteiger charge is 2.46. The molecule has 0 heterocycles. The molecule has 0 unspecified atom stereocenters. The summed E-state index contributed by atoms with van der Waals surface area (Å²) >= 11 is 0. The molecule has 0 bridgehead atoms. The normalized spacial score (nSPS) is 11.8. The third kappa shape index (κ3) is 3.84. The van der Waals surface area contributed by atoms with Crippen LogP contribution in [0.25, 0.3) is 0 Å². The van der Waals surface area contributed by atoms with Crippen molar-refractivity contribution in [2.75, 3.05) is 11.3 Å². The molecule has 0 saturated carbocycles. The standard InChI is InChI=1S/C10H9F3N2O6S/c1-2-21-9(16)6-3-4-7(8(5-6)15(17)18)14-22(19,20)10(11,12)13/h3-5,14H,2H2,1H3. The molecule has 0 radical (unpaired) electrons. The quantitative estimate of drug-likeness (QED) is 0.497. The van der Waals surface area contributed by atoms with Gasteiger partial charge >= 0.3 is 21.5 Å². The van der Waals surface area contributed by atoms with Gasteiger partial charge in [-0.1, -0.05) is 0 Å². The van der Waals surface area contributed by atoms with E-state index in [1.54, 1.807) is 0 Å². The highest BCUT2D eigenvalue weighted by Crippen LogP contribution is 2.31. The van der Waals surface area contributed by atoms with E-state index in [1.807, 2.05) is 0 Å². The van der Waals surface area contributed by atoms with Gasteiger partial charge in [0.05, 0.1) is 17.1 Å². The van der Waals surface area contributed by atoms with Gasteiger partial charge in [0.1, 0.15) is 5.69 Å². The summed E-state index contributed by atoms with van der Waals surface area (Å²) in [5.74, 6) is -0.934. The van der Waals surface area contributed by atoms with Crippen molar-refractivity contribution in [1.82, 2.24) is 0 Å². The maximum absolute atomic E-state index is 12.3. The number of nitro groups is 1. The lowest BCUT2D eigenvalue weighted by Crippen LogP contribution is -2.30. The summed E-state index contributed by atoms with van der Waals surface area (Å²) < 4.78 is 64.4. The molecule has 1 aromatic carbocycles. The van der Waals surface area contributed by atoms with Crippen LogP contribution in [-0.2, 0) is 14.8 Å². The number of benzene rings is 1. The van der Waals surface area contributed by atoms with Crippen molar-refractivity contribution >= 4 is 27.4 Å². The van der Waals surface area contributed by atoms with Crippen molar-refractivity contribution in [2.24, 2.45) is 0 Å². The smallest absolute Gasteiger partial charge is 0.462 e. The van der Waals surface area contributed by atoms with Crippen LogP contribution in [0.3, 0.4) is 0 Å². The van der Waals surface area contributed by atoms with E-state index in [4.69, 9.17) is 0 Å². The number of esters is 1. The van der Waals surface area contributed by atoms with Crippen LogP contribution in [0, 0.1) is 10.1 Å². The van der Waals surface area contributed by atoms with Crippen LogP contribution in [0.4, 0.5) is 24.5 Å². The summed E-state index contributed by atoms with van der Waals surface area (Å²) in [6, 6.07) is 2.19. The number of nitrogens with zero attached hydrogens (tertiary/aromatic N) is 1. The lowest BCUT2D eigenvalue weighted by Gasteiger charge is -2.11. The zero-order chi connectivity index (χ0) is 17.1. The molecular weight excluding hydrogens is 333 g/mol. The third-order valence-electron chi connectivity index (χ3n) is 2.25. The zero-order valence-corrected chi connectivity index (χ0v) is 11.7. The molecule has 0 aliphatic heterocycles. The van der Waals surface area contributed by atoms with Gasteiger partial charge in [0.15, 0.2) is 0 Å². The fourth-order valence-electron chi connectivity index (χ4n) is 1.31. The number of rotatable bonds is 5. The fraction of sp³-hybridized carbons (Fsp3) is 0.300. The highest BCUT2D eigenvalue weighted by molar-refractivity contribution is 7.93. The first kappa shape index (κ1) is 17.7. The monoisotopic (exact) mass is 342 g/mol. The van der Waals surface area contributed by atoms with Gasteiger partial charge in [0.2, 0.25) is 0 Å². The Kier molecular flexibility index (Phi) is 4.96. The minimum Gasteiger partial charge on any atom is -0.462 e. The van der Waals surface area contributed by atoms with Crippen LogP contribution in [0.2, 0.25) is 0 Å². The fourth-order valence-corrected chi connectivity index (χ4v) is 1.89. The summed E-state index contributed by atoms with van der Waals surface area (Å²) in [5.41, 5.74) is -7.88. The predicted molar refractivity (Wildman–Crippen MR) is 67.7 cm³/mol. The molecule has 0 atom stereocenters. The lowest BCUT2D eigenvalue weighted by atomic mass is 10.2. The van der Waals surface area contributed by atoms with Gasteiger partial charge in [-0.25, -0.2) is 4.79 Å². The van der Waals surface area contributed by atoms with E-state index in [9.17, 15) is 36.5 Å². The largest absolute Gasteiger partial charge is 0.516 e. The summed E-state index contributed by atoms with van der Waals surface area (Å²) in [6.45, 7) is 1.47. The third-order valence-corrected chi connectivity index (χ3v) is 3.35. The molecular formula is C10H9F3N2O6S. The maximum Gasteiger partial charge on any atom is 0.516 e. The van der Waals surface area contributed by atoms with Crippen LogP contribution >= 0.6 is 0 Å². The van der Waals surface area contributed by atoms with Crippen molar-refractivity contribution in [3.05, 3.63) is 33.9 Å². The van der Waals surface area contributed by atoms with E-state index in [0.717, 1.165) is 10.8 Å². The molecule has 122 valence electrons. The molecule has 22 heavy (non-hydrogen) atoms. The summed E-state index contributed by atoms with van der Waals surface area (Å²) in [5, 5.41) is 10.8. The molecule has 0 aliphatic carbocycles. The minimum absolute atomic E-state index is 0.0188. The molecule has 1 rings (SSSR count). The summed E-state index contributed by atoms with van der Waals surface area (Å²) in [4.78, 5) is 21.1. The molecule has 1 N–H and O–H groups in total. The second kappa shape index (κ2) is 6.17. The predicted octanol–water partition coefficient (Wildman–Crippen LogP) is 2.03. The van der Waals surface area contributed by atoms with E-state index in [1.165, 1.54) is 6.92 Å². The molecule has 8 nitrogen and oxygen atoms in total. The van der Waals surface area contributed by atoms with Crippen molar-refractivity contribution in [1.29, 1.82) is 0 Å². The van der Waals surface area contributed by atoms with Crippen molar-refractivity contribution < 1.29 is 36.0 Å². The van der Waals surface area contributed by atoms with E-state index in [0.29, 0.717) is 12.1 Å². The van der Waals surface area contributed by atoms with Crippen LogP contribution in [0.5, 0.6) is 0 Å². The Labute approximate surface area is 122 Å². The topological polar surface area (TPSA) is 116 Å². The Hall–Kier alpha value is -2.37. The average molecular weight is 342 g/mol.